The van der Waals surface area contributed by atoms with Crippen molar-refractivity contribution in [2.24, 2.45) is 5.92 Å². The lowest BCUT2D eigenvalue weighted by atomic mass is 10.1. The van der Waals surface area contributed by atoms with Crippen LogP contribution in [0.25, 0.3) is 0 Å². The van der Waals surface area contributed by atoms with E-state index < -0.39 is 0 Å². The smallest absolute Gasteiger partial charge is 0.0434 e. The SMILES string of the molecule is CCC(C)CN(C)CC(C)Cl. The Kier molecular flexibility index (Phi) is 5.98. The largest absolute Gasteiger partial charge is 0.305 e. The first-order valence-electron chi connectivity index (χ1n) is 4.38. The Bertz CT molecular complexity index is 93.6. The highest BCUT2D eigenvalue weighted by molar-refractivity contribution is 6.20. The van der Waals surface area contributed by atoms with Gasteiger partial charge in [0.25, 0.3) is 0 Å². The van der Waals surface area contributed by atoms with Crippen molar-refractivity contribution in [3.63, 3.8) is 0 Å². The number of rotatable bonds is 5. The topological polar surface area (TPSA) is 3.24 Å². The zero-order valence-corrected chi connectivity index (χ0v) is 8.86. The zero-order valence-electron chi connectivity index (χ0n) is 8.10. The maximum absolute atomic E-state index is 5.86. The minimum Gasteiger partial charge on any atom is -0.305 e. The molecule has 0 aromatic carbocycles. The average Bonchev–Trinajstić information content (AvgIpc) is 1.85. The second kappa shape index (κ2) is 5.84. The van der Waals surface area contributed by atoms with E-state index in [-0.39, 0.29) is 5.38 Å². The van der Waals surface area contributed by atoms with Gasteiger partial charge < -0.3 is 4.90 Å². The maximum Gasteiger partial charge on any atom is 0.0434 e. The third-order valence-electron chi connectivity index (χ3n) is 1.88. The van der Waals surface area contributed by atoms with Gasteiger partial charge in [-0.05, 0) is 19.9 Å². The lowest BCUT2D eigenvalue weighted by Gasteiger charge is -2.21. The van der Waals surface area contributed by atoms with E-state index in [9.17, 15) is 0 Å². The molecule has 0 saturated heterocycles. The second-order valence-electron chi connectivity index (χ2n) is 3.52. The molecule has 0 fully saturated rings. The summed E-state index contributed by atoms with van der Waals surface area (Å²) in [4.78, 5) is 2.30. The first kappa shape index (κ1) is 11.2. The van der Waals surface area contributed by atoms with Crippen LogP contribution in [-0.4, -0.2) is 30.4 Å². The van der Waals surface area contributed by atoms with Gasteiger partial charge in [-0.2, -0.15) is 0 Å². The van der Waals surface area contributed by atoms with Gasteiger partial charge in [-0.15, -0.1) is 11.6 Å². The van der Waals surface area contributed by atoms with E-state index in [0.29, 0.717) is 0 Å². The molecule has 0 N–H and O–H groups in total. The summed E-state index contributed by atoms with van der Waals surface area (Å²) in [6.45, 7) is 8.69. The van der Waals surface area contributed by atoms with E-state index in [4.69, 9.17) is 11.6 Å². The van der Waals surface area contributed by atoms with Crippen LogP contribution in [0.2, 0.25) is 0 Å². The van der Waals surface area contributed by atoms with Gasteiger partial charge in [-0.1, -0.05) is 20.3 Å². The summed E-state index contributed by atoms with van der Waals surface area (Å²) in [5, 5.41) is 0.268. The van der Waals surface area contributed by atoms with Crippen molar-refractivity contribution in [1.29, 1.82) is 0 Å². The van der Waals surface area contributed by atoms with Crippen molar-refractivity contribution in [3.8, 4) is 0 Å². The van der Waals surface area contributed by atoms with Crippen LogP contribution in [0.1, 0.15) is 27.2 Å². The molecule has 11 heavy (non-hydrogen) atoms. The number of alkyl halides is 1. The molecule has 2 heteroatoms. The molecule has 0 heterocycles. The molecule has 0 radical (unpaired) electrons. The lowest BCUT2D eigenvalue weighted by Crippen LogP contribution is -2.28. The van der Waals surface area contributed by atoms with Crippen molar-refractivity contribution in [1.82, 2.24) is 4.90 Å². The van der Waals surface area contributed by atoms with E-state index in [1.807, 2.05) is 6.92 Å². The molecule has 0 bridgehead atoms. The van der Waals surface area contributed by atoms with Gasteiger partial charge in [0.1, 0.15) is 0 Å². The van der Waals surface area contributed by atoms with Crippen LogP contribution in [0.15, 0.2) is 0 Å². The number of hydrogen-bond donors (Lipinski definition) is 0. The Morgan fingerprint density at radius 1 is 1.27 bits per heavy atom. The summed E-state index contributed by atoms with van der Waals surface area (Å²) < 4.78 is 0. The van der Waals surface area contributed by atoms with Crippen molar-refractivity contribution < 1.29 is 0 Å². The molecule has 2 atom stereocenters. The molecule has 0 aliphatic rings. The predicted molar refractivity (Wildman–Crippen MR) is 52.3 cm³/mol. The standard InChI is InChI=1S/C9H20ClN/c1-5-8(2)6-11(4)7-9(3)10/h8-9H,5-7H2,1-4H3. The first-order chi connectivity index (χ1) is 5.06. The van der Waals surface area contributed by atoms with Crippen molar-refractivity contribution >= 4 is 11.6 Å². The molecule has 0 rings (SSSR count). The molecule has 0 aliphatic carbocycles. The van der Waals surface area contributed by atoms with E-state index in [2.05, 4.69) is 25.8 Å². The Morgan fingerprint density at radius 3 is 2.18 bits per heavy atom. The summed E-state index contributed by atoms with van der Waals surface area (Å²) in [7, 11) is 2.13. The van der Waals surface area contributed by atoms with Crippen LogP contribution in [0.3, 0.4) is 0 Å². The average molecular weight is 178 g/mol. The highest BCUT2D eigenvalue weighted by Gasteiger charge is 2.06. The molecule has 0 spiro atoms. The highest BCUT2D eigenvalue weighted by Crippen LogP contribution is 2.04. The van der Waals surface area contributed by atoms with E-state index >= 15 is 0 Å². The van der Waals surface area contributed by atoms with E-state index in [1.165, 1.54) is 6.42 Å². The molecule has 1 nitrogen and oxygen atoms in total. The van der Waals surface area contributed by atoms with E-state index in [1.54, 1.807) is 0 Å². The van der Waals surface area contributed by atoms with Crippen LogP contribution in [0, 0.1) is 5.92 Å². The monoisotopic (exact) mass is 177 g/mol. The Morgan fingerprint density at radius 2 is 1.82 bits per heavy atom. The Balaban J connectivity index is 3.43. The number of nitrogens with zero attached hydrogens (tertiary/aromatic N) is 1. The number of hydrogen-bond acceptors (Lipinski definition) is 1. The zero-order chi connectivity index (χ0) is 8.85. The fraction of sp³-hybridized carbons (Fsp3) is 1.00. The molecule has 68 valence electrons. The second-order valence-corrected chi connectivity index (χ2v) is 4.26. The molecule has 2 unspecified atom stereocenters. The van der Waals surface area contributed by atoms with Crippen LogP contribution in [0.4, 0.5) is 0 Å². The van der Waals surface area contributed by atoms with Crippen LogP contribution in [0.5, 0.6) is 0 Å². The third-order valence-corrected chi connectivity index (χ3v) is 2.02. The summed E-state index contributed by atoms with van der Waals surface area (Å²) in [6.07, 6.45) is 1.25. The minimum atomic E-state index is 0.268. The van der Waals surface area contributed by atoms with Crippen LogP contribution in [-0.2, 0) is 0 Å². The summed E-state index contributed by atoms with van der Waals surface area (Å²) >= 11 is 5.86. The quantitative estimate of drug-likeness (QED) is 0.584. The predicted octanol–water partition coefficient (Wildman–Crippen LogP) is 2.59. The van der Waals surface area contributed by atoms with Crippen LogP contribution < -0.4 is 0 Å². The highest BCUT2D eigenvalue weighted by atomic mass is 35.5. The van der Waals surface area contributed by atoms with Gasteiger partial charge in [0.15, 0.2) is 0 Å². The van der Waals surface area contributed by atoms with Gasteiger partial charge in [-0.3, -0.25) is 0 Å². The van der Waals surface area contributed by atoms with Crippen molar-refractivity contribution in [3.05, 3.63) is 0 Å². The Labute approximate surface area is 75.7 Å². The first-order valence-corrected chi connectivity index (χ1v) is 4.82. The molecule has 0 amide bonds. The fourth-order valence-corrected chi connectivity index (χ4v) is 1.40. The molecular weight excluding hydrogens is 158 g/mol. The molecule has 0 saturated carbocycles. The molecular formula is C9H20ClN. The lowest BCUT2D eigenvalue weighted by molar-refractivity contribution is 0.284. The number of halogens is 1. The molecule has 0 aromatic rings. The third kappa shape index (κ3) is 6.64. The van der Waals surface area contributed by atoms with Gasteiger partial charge in [-0.25, -0.2) is 0 Å². The van der Waals surface area contributed by atoms with Gasteiger partial charge in [0, 0.05) is 18.5 Å². The van der Waals surface area contributed by atoms with Crippen molar-refractivity contribution in [2.45, 2.75) is 32.6 Å². The van der Waals surface area contributed by atoms with Gasteiger partial charge >= 0.3 is 0 Å². The molecule has 0 aliphatic heterocycles. The van der Waals surface area contributed by atoms with Crippen LogP contribution >= 0.6 is 11.6 Å². The van der Waals surface area contributed by atoms with E-state index in [0.717, 1.165) is 19.0 Å². The van der Waals surface area contributed by atoms with Crippen molar-refractivity contribution in [2.75, 3.05) is 20.1 Å². The summed E-state index contributed by atoms with van der Waals surface area (Å²) in [5.41, 5.74) is 0. The van der Waals surface area contributed by atoms with Gasteiger partial charge in [0.2, 0.25) is 0 Å². The Hall–Kier alpha value is 0.250. The fourth-order valence-electron chi connectivity index (χ4n) is 1.17. The molecule has 0 aromatic heterocycles. The minimum absolute atomic E-state index is 0.268. The summed E-state index contributed by atoms with van der Waals surface area (Å²) in [5.74, 6) is 0.787. The normalized spacial score (nSPS) is 16.9. The summed E-state index contributed by atoms with van der Waals surface area (Å²) in [6, 6.07) is 0. The van der Waals surface area contributed by atoms with Gasteiger partial charge in [0.05, 0.1) is 0 Å². The maximum atomic E-state index is 5.86.